The molecular weight excluding hydrogens is 260 g/mol. The molecule has 0 aromatic heterocycles. The molecule has 6 heteroatoms. The first-order chi connectivity index (χ1) is 9.47. The van der Waals surface area contributed by atoms with E-state index in [9.17, 15) is 14.9 Å². The number of anilines is 2. The third kappa shape index (κ3) is 2.92. The maximum absolute atomic E-state index is 10.9. The van der Waals surface area contributed by atoms with Crippen LogP contribution in [0.3, 0.4) is 0 Å². The number of aryl methyl sites for hydroxylation is 1. The van der Waals surface area contributed by atoms with E-state index in [0.29, 0.717) is 16.9 Å². The van der Waals surface area contributed by atoms with Gasteiger partial charge in [0.05, 0.1) is 10.5 Å². The molecule has 0 bridgehead atoms. The van der Waals surface area contributed by atoms with Crippen LogP contribution in [0.1, 0.15) is 15.9 Å². The Kier molecular flexibility index (Phi) is 3.65. The minimum absolute atomic E-state index is 0.0207. The summed E-state index contributed by atoms with van der Waals surface area (Å²) in [5.41, 5.74) is 2.21. The van der Waals surface area contributed by atoms with E-state index < -0.39 is 10.9 Å². The molecular formula is C14H12N2O4. The third-order valence-electron chi connectivity index (χ3n) is 2.81. The first kappa shape index (κ1) is 13.5. The largest absolute Gasteiger partial charge is 0.478 e. The number of nitrogens with one attached hydrogen (secondary N) is 1. The summed E-state index contributed by atoms with van der Waals surface area (Å²) >= 11 is 0. The second kappa shape index (κ2) is 5.40. The predicted molar refractivity (Wildman–Crippen MR) is 74.5 cm³/mol. The maximum atomic E-state index is 10.9. The average molecular weight is 272 g/mol. The van der Waals surface area contributed by atoms with Crippen molar-refractivity contribution in [2.45, 2.75) is 6.92 Å². The van der Waals surface area contributed by atoms with E-state index in [4.69, 9.17) is 5.11 Å². The standard InChI is InChI=1S/C14H12N2O4/c1-9-7-12(16(19)20)5-6-13(9)15-11-4-2-3-10(8-11)14(17)18/h2-8,15H,1H3,(H,17,18). The van der Waals surface area contributed by atoms with E-state index in [0.717, 1.165) is 0 Å². The summed E-state index contributed by atoms with van der Waals surface area (Å²) in [5.74, 6) is -1.01. The van der Waals surface area contributed by atoms with Gasteiger partial charge in [0.2, 0.25) is 0 Å². The fourth-order valence-electron chi connectivity index (χ4n) is 1.79. The number of nitrogens with zero attached hydrogens (tertiary/aromatic N) is 1. The summed E-state index contributed by atoms with van der Waals surface area (Å²) < 4.78 is 0. The van der Waals surface area contributed by atoms with Crippen LogP contribution in [0.25, 0.3) is 0 Å². The Bertz CT molecular complexity index is 683. The molecule has 2 aromatic rings. The lowest BCUT2D eigenvalue weighted by Gasteiger charge is -2.09. The number of nitro groups is 1. The van der Waals surface area contributed by atoms with Crippen LogP contribution in [0.4, 0.5) is 17.1 Å². The number of nitro benzene ring substituents is 1. The van der Waals surface area contributed by atoms with Crippen molar-refractivity contribution in [1.82, 2.24) is 0 Å². The lowest BCUT2D eigenvalue weighted by molar-refractivity contribution is -0.384. The Morgan fingerprint density at radius 1 is 1.25 bits per heavy atom. The number of hydrogen-bond acceptors (Lipinski definition) is 4. The molecule has 0 spiro atoms. The summed E-state index contributed by atoms with van der Waals surface area (Å²) in [6.45, 7) is 1.75. The van der Waals surface area contributed by atoms with Crippen LogP contribution in [0.2, 0.25) is 0 Å². The van der Waals surface area contributed by atoms with E-state index in [1.54, 1.807) is 25.1 Å². The number of rotatable bonds is 4. The normalized spacial score (nSPS) is 10.1. The van der Waals surface area contributed by atoms with Gasteiger partial charge in [-0.25, -0.2) is 4.79 Å². The molecule has 6 nitrogen and oxygen atoms in total. The molecule has 0 saturated heterocycles. The van der Waals surface area contributed by atoms with Crippen molar-refractivity contribution in [3.63, 3.8) is 0 Å². The molecule has 0 aliphatic carbocycles. The molecule has 102 valence electrons. The molecule has 2 aromatic carbocycles. The predicted octanol–water partition coefficient (Wildman–Crippen LogP) is 3.35. The number of carboxylic acids is 1. The highest BCUT2D eigenvalue weighted by Crippen LogP contribution is 2.25. The van der Waals surface area contributed by atoms with Crippen LogP contribution >= 0.6 is 0 Å². The quantitative estimate of drug-likeness (QED) is 0.657. The van der Waals surface area contributed by atoms with Crippen LogP contribution in [0.5, 0.6) is 0 Å². The van der Waals surface area contributed by atoms with Crippen molar-refractivity contribution in [2.24, 2.45) is 0 Å². The number of carboxylic acid groups (broad SMARTS) is 1. The Morgan fingerprint density at radius 2 is 2.00 bits per heavy atom. The van der Waals surface area contributed by atoms with Gasteiger partial charge in [0.1, 0.15) is 0 Å². The highest BCUT2D eigenvalue weighted by molar-refractivity contribution is 5.89. The van der Waals surface area contributed by atoms with Gasteiger partial charge >= 0.3 is 5.97 Å². The molecule has 2 rings (SSSR count). The van der Waals surface area contributed by atoms with Crippen molar-refractivity contribution in [3.8, 4) is 0 Å². The summed E-state index contributed by atoms with van der Waals surface area (Å²) in [4.78, 5) is 21.1. The smallest absolute Gasteiger partial charge is 0.335 e. The number of aromatic carboxylic acids is 1. The van der Waals surface area contributed by atoms with Crippen molar-refractivity contribution in [1.29, 1.82) is 0 Å². The molecule has 20 heavy (non-hydrogen) atoms. The van der Waals surface area contributed by atoms with E-state index in [2.05, 4.69) is 5.32 Å². The molecule has 0 aliphatic heterocycles. The van der Waals surface area contributed by atoms with Gasteiger partial charge in [-0.1, -0.05) is 6.07 Å². The van der Waals surface area contributed by atoms with Gasteiger partial charge in [-0.15, -0.1) is 0 Å². The molecule has 0 fully saturated rings. The maximum Gasteiger partial charge on any atom is 0.335 e. The first-order valence-corrected chi connectivity index (χ1v) is 5.83. The second-order valence-electron chi connectivity index (χ2n) is 4.27. The van der Waals surface area contributed by atoms with Gasteiger partial charge in [-0.2, -0.15) is 0 Å². The van der Waals surface area contributed by atoms with Gasteiger partial charge in [-0.05, 0) is 36.8 Å². The fourth-order valence-corrected chi connectivity index (χ4v) is 1.79. The van der Waals surface area contributed by atoms with Crippen molar-refractivity contribution in [2.75, 3.05) is 5.32 Å². The Morgan fingerprint density at radius 3 is 2.60 bits per heavy atom. The fraction of sp³-hybridized carbons (Fsp3) is 0.0714. The lowest BCUT2D eigenvalue weighted by Crippen LogP contribution is -1.99. The molecule has 0 heterocycles. The lowest BCUT2D eigenvalue weighted by atomic mass is 10.1. The van der Waals surface area contributed by atoms with Crippen molar-refractivity contribution >= 4 is 23.0 Å². The Labute approximate surface area is 114 Å². The average Bonchev–Trinajstić information content (AvgIpc) is 2.41. The molecule has 0 atom stereocenters. The van der Waals surface area contributed by atoms with Crippen LogP contribution < -0.4 is 5.32 Å². The van der Waals surface area contributed by atoms with E-state index in [-0.39, 0.29) is 11.3 Å². The molecule has 0 amide bonds. The number of hydrogen-bond donors (Lipinski definition) is 2. The monoisotopic (exact) mass is 272 g/mol. The van der Waals surface area contributed by atoms with Crippen molar-refractivity contribution < 1.29 is 14.8 Å². The van der Waals surface area contributed by atoms with Crippen LogP contribution in [0, 0.1) is 17.0 Å². The summed E-state index contributed by atoms with van der Waals surface area (Å²) in [5, 5.41) is 22.6. The van der Waals surface area contributed by atoms with Crippen LogP contribution in [-0.4, -0.2) is 16.0 Å². The molecule has 0 radical (unpaired) electrons. The van der Waals surface area contributed by atoms with E-state index in [1.807, 2.05) is 0 Å². The summed E-state index contributed by atoms with van der Waals surface area (Å²) in [6.07, 6.45) is 0. The van der Waals surface area contributed by atoms with Crippen LogP contribution in [-0.2, 0) is 0 Å². The minimum Gasteiger partial charge on any atom is -0.478 e. The Balaban J connectivity index is 2.28. The second-order valence-corrected chi connectivity index (χ2v) is 4.27. The number of non-ortho nitro benzene ring substituents is 1. The number of benzene rings is 2. The van der Waals surface area contributed by atoms with Crippen molar-refractivity contribution in [3.05, 3.63) is 63.7 Å². The highest BCUT2D eigenvalue weighted by Gasteiger charge is 2.09. The molecule has 0 saturated carbocycles. The highest BCUT2D eigenvalue weighted by atomic mass is 16.6. The first-order valence-electron chi connectivity index (χ1n) is 5.83. The van der Waals surface area contributed by atoms with E-state index in [1.165, 1.54) is 24.3 Å². The molecule has 0 unspecified atom stereocenters. The Hall–Kier alpha value is -2.89. The SMILES string of the molecule is Cc1cc([N+](=O)[O-])ccc1Nc1cccc(C(=O)O)c1. The van der Waals surface area contributed by atoms with Gasteiger partial charge < -0.3 is 10.4 Å². The zero-order valence-electron chi connectivity index (χ0n) is 10.7. The van der Waals surface area contributed by atoms with Gasteiger partial charge in [0, 0.05) is 23.5 Å². The van der Waals surface area contributed by atoms with Crippen LogP contribution in [0.15, 0.2) is 42.5 Å². The zero-order valence-corrected chi connectivity index (χ0v) is 10.7. The zero-order chi connectivity index (χ0) is 14.7. The molecule has 2 N–H and O–H groups in total. The molecule has 0 aliphatic rings. The number of carbonyl (C=O) groups is 1. The third-order valence-corrected chi connectivity index (χ3v) is 2.81. The summed E-state index contributed by atoms with van der Waals surface area (Å²) in [6, 6.07) is 10.8. The van der Waals surface area contributed by atoms with Gasteiger partial charge in [0.25, 0.3) is 5.69 Å². The topological polar surface area (TPSA) is 92.5 Å². The van der Waals surface area contributed by atoms with Gasteiger partial charge in [-0.3, -0.25) is 10.1 Å². The van der Waals surface area contributed by atoms with E-state index >= 15 is 0 Å². The minimum atomic E-state index is -1.01. The summed E-state index contributed by atoms with van der Waals surface area (Å²) in [7, 11) is 0. The van der Waals surface area contributed by atoms with Gasteiger partial charge in [0.15, 0.2) is 0 Å².